The largest absolute Gasteiger partial charge is 0.449 e. The van der Waals surface area contributed by atoms with Crippen LogP contribution in [0.4, 0.5) is 4.79 Å². The lowest BCUT2D eigenvalue weighted by atomic mass is 10.2. The van der Waals surface area contributed by atoms with Gasteiger partial charge < -0.3 is 14.5 Å². The van der Waals surface area contributed by atoms with Gasteiger partial charge in [0.2, 0.25) is 5.91 Å². The molecule has 2 saturated heterocycles. The minimum absolute atomic E-state index is 0.0578. The lowest BCUT2D eigenvalue weighted by Gasteiger charge is -2.31. The summed E-state index contributed by atoms with van der Waals surface area (Å²) in [7, 11) is 0. The highest BCUT2D eigenvalue weighted by Crippen LogP contribution is 2.15. The van der Waals surface area contributed by atoms with Crippen LogP contribution < -0.4 is 0 Å². The van der Waals surface area contributed by atoms with Crippen molar-refractivity contribution in [2.24, 2.45) is 5.92 Å². The van der Waals surface area contributed by atoms with Crippen molar-refractivity contribution in [1.29, 1.82) is 0 Å². The Morgan fingerprint density at radius 3 is 2.04 bits per heavy atom. The third kappa shape index (κ3) is 6.17. The quantitative estimate of drug-likeness (QED) is 0.779. The maximum atomic E-state index is 12.9. The Morgan fingerprint density at radius 2 is 1.40 bits per heavy atom. The van der Waals surface area contributed by atoms with E-state index in [1.807, 2.05) is 25.7 Å². The van der Waals surface area contributed by atoms with Crippen LogP contribution in [0.15, 0.2) is 0 Å². The van der Waals surface area contributed by atoms with Crippen LogP contribution >= 0.6 is 0 Å². The van der Waals surface area contributed by atoms with Gasteiger partial charge in [-0.1, -0.05) is 26.7 Å². The van der Waals surface area contributed by atoms with Crippen LogP contribution in [0.3, 0.4) is 0 Å². The van der Waals surface area contributed by atoms with Gasteiger partial charge in [0.1, 0.15) is 0 Å². The van der Waals surface area contributed by atoms with Crippen LogP contribution in [-0.2, 0) is 9.53 Å². The van der Waals surface area contributed by atoms with Crippen LogP contribution in [0.5, 0.6) is 0 Å². The Hall–Kier alpha value is -1.30. The Balaban J connectivity index is 1.84. The standard InChI is InChI=1S/C19H35N3O3/c1-16(2)15-25-19(24)22-12-8-11-21(13-14-22)18(23)17(3)20-9-6-4-5-7-10-20/h16-17H,4-15H2,1-3H3. The van der Waals surface area contributed by atoms with E-state index in [1.54, 1.807) is 4.90 Å². The van der Waals surface area contributed by atoms with Crippen molar-refractivity contribution in [3.8, 4) is 0 Å². The van der Waals surface area contributed by atoms with Gasteiger partial charge in [-0.2, -0.15) is 0 Å². The Kier molecular flexibility index (Phi) is 8.00. The molecule has 2 heterocycles. The molecular weight excluding hydrogens is 318 g/mol. The maximum absolute atomic E-state index is 12.9. The summed E-state index contributed by atoms with van der Waals surface area (Å²) in [5.41, 5.74) is 0. The second-order valence-corrected chi connectivity index (χ2v) is 7.76. The third-order valence-electron chi connectivity index (χ3n) is 5.15. The van der Waals surface area contributed by atoms with E-state index in [2.05, 4.69) is 4.90 Å². The number of nitrogens with zero attached hydrogens (tertiary/aromatic N) is 3. The minimum Gasteiger partial charge on any atom is -0.449 e. The molecule has 0 N–H and O–H groups in total. The molecule has 1 unspecified atom stereocenters. The minimum atomic E-state index is -0.247. The van der Waals surface area contributed by atoms with Gasteiger partial charge in [0.05, 0.1) is 12.6 Å². The topological polar surface area (TPSA) is 53.1 Å². The van der Waals surface area contributed by atoms with Gasteiger partial charge in [-0.05, 0) is 45.2 Å². The molecule has 0 radical (unpaired) electrons. The predicted molar refractivity (Wildman–Crippen MR) is 98.5 cm³/mol. The van der Waals surface area contributed by atoms with Gasteiger partial charge in [0.25, 0.3) is 0 Å². The highest BCUT2D eigenvalue weighted by atomic mass is 16.6. The fourth-order valence-electron chi connectivity index (χ4n) is 3.55. The van der Waals surface area contributed by atoms with Gasteiger partial charge in [0.15, 0.2) is 0 Å². The Labute approximate surface area is 152 Å². The molecule has 0 saturated carbocycles. The van der Waals surface area contributed by atoms with E-state index in [1.165, 1.54) is 25.7 Å². The summed E-state index contributed by atoms with van der Waals surface area (Å²) in [6.45, 7) is 11.1. The van der Waals surface area contributed by atoms with Crippen molar-refractivity contribution in [1.82, 2.24) is 14.7 Å². The van der Waals surface area contributed by atoms with E-state index in [-0.39, 0.29) is 18.0 Å². The van der Waals surface area contributed by atoms with Gasteiger partial charge in [-0.15, -0.1) is 0 Å². The molecular formula is C19H35N3O3. The molecule has 0 aliphatic carbocycles. The summed E-state index contributed by atoms with van der Waals surface area (Å²) < 4.78 is 5.33. The van der Waals surface area contributed by atoms with Gasteiger partial charge in [-0.3, -0.25) is 9.69 Å². The maximum Gasteiger partial charge on any atom is 0.409 e. The molecule has 6 heteroatoms. The first kappa shape index (κ1) is 20.0. The zero-order chi connectivity index (χ0) is 18.2. The van der Waals surface area contributed by atoms with E-state index >= 15 is 0 Å². The summed E-state index contributed by atoms with van der Waals surface area (Å²) in [5.74, 6) is 0.544. The first-order valence-corrected chi connectivity index (χ1v) is 9.93. The van der Waals surface area contributed by atoms with E-state index in [4.69, 9.17) is 4.74 Å². The lowest BCUT2D eigenvalue weighted by molar-refractivity contribution is -0.136. The average Bonchev–Trinajstić information content (AvgIpc) is 3.01. The molecule has 0 aromatic heterocycles. The number of hydrogen-bond donors (Lipinski definition) is 0. The summed E-state index contributed by atoms with van der Waals surface area (Å²) in [6, 6.07) is -0.0578. The van der Waals surface area contributed by atoms with E-state index in [0.29, 0.717) is 32.2 Å². The number of carbonyl (C=O) groups is 2. The molecule has 0 bridgehead atoms. The fraction of sp³-hybridized carbons (Fsp3) is 0.895. The number of hydrogen-bond acceptors (Lipinski definition) is 4. The van der Waals surface area contributed by atoms with E-state index < -0.39 is 0 Å². The molecule has 6 nitrogen and oxygen atoms in total. The normalized spacial score (nSPS) is 21.6. The van der Waals surface area contributed by atoms with Crippen molar-refractivity contribution >= 4 is 12.0 Å². The predicted octanol–water partition coefficient (Wildman–Crippen LogP) is 2.58. The van der Waals surface area contributed by atoms with Crippen LogP contribution in [-0.4, -0.2) is 78.6 Å². The molecule has 2 amide bonds. The zero-order valence-corrected chi connectivity index (χ0v) is 16.2. The molecule has 2 aliphatic rings. The van der Waals surface area contributed by atoms with Crippen molar-refractivity contribution in [3.63, 3.8) is 0 Å². The summed E-state index contributed by atoms with van der Waals surface area (Å²) in [6.07, 6.45) is 5.49. The molecule has 0 aromatic rings. The van der Waals surface area contributed by atoms with E-state index in [0.717, 1.165) is 26.1 Å². The Bertz CT molecular complexity index is 434. The van der Waals surface area contributed by atoms with Crippen molar-refractivity contribution in [3.05, 3.63) is 0 Å². The highest BCUT2D eigenvalue weighted by Gasteiger charge is 2.29. The Morgan fingerprint density at radius 1 is 0.800 bits per heavy atom. The molecule has 2 rings (SSSR count). The van der Waals surface area contributed by atoms with E-state index in [9.17, 15) is 9.59 Å². The second kappa shape index (κ2) is 10.00. The lowest BCUT2D eigenvalue weighted by Crippen LogP contribution is -2.48. The van der Waals surface area contributed by atoms with Gasteiger partial charge in [-0.25, -0.2) is 4.79 Å². The first-order chi connectivity index (χ1) is 12.0. The second-order valence-electron chi connectivity index (χ2n) is 7.76. The molecule has 25 heavy (non-hydrogen) atoms. The van der Waals surface area contributed by atoms with Gasteiger partial charge >= 0.3 is 6.09 Å². The summed E-state index contributed by atoms with van der Waals surface area (Å²) in [4.78, 5) is 31.1. The van der Waals surface area contributed by atoms with Crippen molar-refractivity contribution in [2.75, 3.05) is 45.9 Å². The molecule has 1 atom stereocenters. The van der Waals surface area contributed by atoms with Crippen LogP contribution in [0.2, 0.25) is 0 Å². The third-order valence-corrected chi connectivity index (χ3v) is 5.15. The molecule has 0 spiro atoms. The van der Waals surface area contributed by atoms with Crippen molar-refractivity contribution in [2.45, 2.75) is 58.9 Å². The number of likely N-dealkylation sites (tertiary alicyclic amines) is 1. The van der Waals surface area contributed by atoms with Crippen LogP contribution in [0.25, 0.3) is 0 Å². The highest BCUT2D eigenvalue weighted by molar-refractivity contribution is 5.81. The zero-order valence-electron chi connectivity index (χ0n) is 16.2. The summed E-state index contributed by atoms with van der Waals surface area (Å²) >= 11 is 0. The SMILES string of the molecule is CC(C)COC(=O)N1CCCN(C(=O)C(C)N2CCCCCC2)CC1. The number of amides is 2. The van der Waals surface area contributed by atoms with Crippen LogP contribution in [0, 0.1) is 5.92 Å². The number of ether oxygens (including phenoxy) is 1. The summed E-state index contributed by atoms with van der Waals surface area (Å²) in [5, 5.41) is 0. The monoisotopic (exact) mass is 353 g/mol. The molecule has 2 aliphatic heterocycles. The van der Waals surface area contributed by atoms with Crippen LogP contribution in [0.1, 0.15) is 52.9 Å². The van der Waals surface area contributed by atoms with Crippen molar-refractivity contribution < 1.29 is 14.3 Å². The average molecular weight is 354 g/mol. The fourth-order valence-corrected chi connectivity index (χ4v) is 3.55. The number of carbonyl (C=O) groups excluding carboxylic acids is 2. The smallest absolute Gasteiger partial charge is 0.409 e. The number of rotatable bonds is 4. The molecule has 144 valence electrons. The van der Waals surface area contributed by atoms with Gasteiger partial charge in [0, 0.05) is 26.2 Å². The molecule has 2 fully saturated rings. The molecule has 0 aromatic carbocycles. The first-order valence-electron chi connectivity index (χ1n) is 9.93.